The quantitative estimate of drug-likeness (QED) is 0.374. The van der Waals surface area contributed by atoms with E-state index in [0.29, 0.717) is 54.8 Å². The van der Waals surface area contributed by atoms with E-state index in [0.717, 1.165) is 32.1 Å². The van der Waals surface area contributed by atoms with E-state index in [1.807, 2.05) is 12.1 Å². The first-order valence-electron chi connectivity index (χ1n) is 11.6. The molecule has 0 aliphatic heterocycles. The maximum absolute atomic E-state index is 12.5. The Kier molecular flexibility index (Phi) is 7.69. The molecular formula is C23H32Cl2NO6P. The molecule has 3 aliphatic rings. The standard InChI is InChI=1S/C23H32Cl2NO6P/c1-23-9-8-18-17-5-3-16(31-22(27)26(12-10-24)13-11-25)14-15(17)2-4-19(18)20(23)6-7-21(23)32-33(28,29)30/h3,5,14,18-21H,2,4,6-13H2,1H3,(H2,28,29,30)/t18-,19+,20+,21+,23+/m1/s1. The second-order valence-electron chi connectivity index (χ2n) is 9.72. The molecule has 3 aliphatic carbocycles. The van der Waals surface area contributed by atoms with E-state index in [1.54, 1.807) is 0 Å². The molecule has 0 heterocycles. The van der Waals surface area contributed by atoms with E-state index >= 15 is 0 Å². The number of benzene rings is 1. The van der Waals surface area contributed by atoms with Crippen LogP contribution in [0.4, 0.5) is 4.79 Å². The number of phosphoric ester groups is 1. The smallest absolute Gasteiger partial charge is 0.410 e. The molecule has 1 amide bonds. The van der Waals surface area contributed by atoms with Crippen LogP contribution in [0.2, 0.25) is 0 Å². The minimum Gasteiger partial charge on any atom is -0.410 e. The Labute approximate surface area is 205 Å². The van der Waals surface area contributed by atoms with E-state index in [-0.39, 0.29) is 5.41 Å². The van der Waals surface area contributed by atoms with E-state index in [2.05, 4.69) is 13.0 Å². The van der Waals surface area contributed by atoms with Gasteiger partial charge in [-0.1, -0.05) is 13.0 Å². The zero-order valence-corrected chi connectivity index (χ0v) is 21.2. The molecule has 33 heavy (non-hydrogen) atoms. The first-order chi connectivity index (χ1) is 15.7. The summed E-state index contributed by atoms with van der Waals surface area (Å²) >= 11 is 11.6. The van der Waals surface area contributed by atoms with Gasteiger partial charge in [0, 0.05) is 24.8 Å². The van der Waals surface area contributed by atoms with Crippen LogP contribution in [0.3, 0.4) is 0 Å². The molecule has 1 aromatic rings. The number of ether oxygens (including phenoxy) is 1. The lowest BCUT2D eigenvalue weighted by Gasteiger charge is -2.50. The molecule has 0 radical (unpaired) electrons. The van der Waals surface area contributed by atoms with Crippen LogP contribution in [0.5, 0.6) is 5.75 Å². The molecule has 4 rings (SSSR count). The fourth-order valence-corrected chi connectivity index (χ4v) is 7.66. The minimum atomic E-state index is -4.50. The normalized spacial score (nSPS) is 30.8. The van der Waals surface area contributed by atoms with Crippen molar-refractivity contribution in [2.24, 2.45) is 17.3 Å². The third-order valence-corrected chi connectivity index (χ3v) is 8.91. The van der Waals surface area contributed by atoms with Crippen molar-refractivity contribution in [3.63, 3.8) is 0 Å². The monoisotopic (exact) mass is 519 g/mol. The molecule has 5 atom stereocenters. The van der Waals surface area contributed by atoms with Crippen molar-refractivity contribution >= 4 is 37.1 Å². The van der Waals surface area contributed by atoms with Gasteiger partial charge >= 0.3 is 13.9 Å². The van der Waals surface area contributed by atoms with Gasteiger partial charge < -0.3 is 19.4 Å². The predicted octanol–water partition coefficient (Wildman–Crippen LogP) is 5.30. The Hall–Kier alpha value is -0.820. The highest BCUT2D eigenvalue weighted by molar-refractivity contribution is 7.46. The first-order valence-corrected chi connectivity index (χ1v) is 14.2. The van der Waals surface area contributed by atoms with Crippen molar-refractivity contribution in [3.8, 4) is 5.75 Å². The number of carbonyl (C=O) groups is 1. The Balaban J connectivity index is 1.48. The van der Waals surface area contributed by atoms with Crippen LogP contribution in [0.25, 0.3) is 0 Å². The lowest BCUT2D eigenvalue weighted by molar-refractivity contribution is -0.0217. The number of amides is 1. The summed E-state index contributed by atoms with van der Waals surface area (Å²) in [5.41, 5.74) is 2.32. The van der Waals surface area contributed by atoms with Crippen LogP contribution in [0, 0.1) is 17.3 Å². The fraction of sp³-hybridized carbons (Fsp3) is 0.696. The van der Waals surface area contributed by atoms with Crippen molar-refractivity contribution in [1.82, 2.24) is 4.90 Å². The molecule has 0 aromatic heterocycles. The largest absolute Gasteiger partial charge is 0.469 e. The summed E-state index contributed by atoms with van der Waals surface area (Å²) in [4.78, 5) is 32.7. The highest BCUT2D eigenvalue weighted by Gasteiger charge is 2.56. The lowest BCUT2D eigenvalue weighted by Crippen LogP contribution is -2.44. The summed E-state index contributed by atoms with van der Waals surface area (Å²) in [6.45, 7) is 2.91. The van der Waals surface area contributed by atoms with Crippen molar-refractivity contribution < 1.29 is 28.4 Å². The number of alkyl halides is 2. The molecule has 10 heteroatoms. The Bertz CT molecular complexity index is 920. The maximum Gasteiger partial charge on any atom is 0.469 e. The van der Waals surface area contributed by atoms with Gasteiger partial charge in [-0.25, -0.2) is 9.36 Å². The fourth-order valence-electron chi connectivity index (χ4n) is 6.58. The number of aryl methyl sites for hydroxylation is 1. The number of nitrogens with zero attached hydrogens (tertiary/aromatic N) is 1. The molecular weight excluding hydrogens is 488 g/mol. The summed E-state index contributed by atoms with van der Waals surface area (Å²) in [5, 5.41) is 0. The van der Waals surface area contributed by atoms with Gasteiger partial charge in [-0.3, -0.25) is 4.52 Å². The Morgan fingerprint density at radius 3 is 2.58 bits per heavy atom. The van der Waals surface area contributed by atoms with Crippen LogP contribution in [-0.2, 0) is 15.5 Å². The topological polar surface area (TPSA) is 96.3 Å². The first kappa shape index (κ1) is 25.3. The molecule has 2 N–H and O–H groups in total. The number of hydrogen-bond donors (Lipinski definition) is 2. The van der Waals surface area contributed by atoms with E-state index in [1.165, 1.54) is 16.0 Å². The number of halogens is 2. The van der Waals surface area contributed by atoms with Crippen LogP contribution < -0.4 is 4.74 Å². The summed E-state index contributed by atoms with van der Waals surface area (Å²) in [5.74, 6) is 2.44. The summed E-state index contributed by atoms with van der Waals surface area (Å²) in [6.07, 6.45) is 4.55. The lowest BCUT2D eigenvalue weighted by atomic mass is 9.55. The average molecular weight is 520 g/mol. The predicted molar refractivity (Wildman–Crippen MR) is 127 cm³/mol. The van der Waals surface area contributed by atoms with Gasteiger partial charge in [0.05, 0.1) is 6.10 Å². The van der Waals surface area contributed by atoms with Crippen molar-refractivity contribution in [2.45, 2.75) is 57.5 Å². The van der Waals surface area contributed by atoms with Crippen molar-refractivity contribution in [1.29, 1.82) is 0 Å². The van der Waals surface area contributed by atoms with Crippen LogP contribution >= 0.6 is 31.0 Å². The highest BCUT2D eigenvalue weighted by Crippen LogP contribution is 2.63. The molecule has 184 valence electrons. The van der Waals surface area contributed by atoms with Crippen LogP contribution in [0.1, 0.15) is 56.1 Å². The second-order valence-corrected chi connectivity index (χ2v) is 11.7. The highest BCUT2D eigenvalue weighted by atomic mass is 35.5. The molecule has 2 fully saturated rings. The molecule has 0 unspecified atom stereocenters. The minimum absolute atomic E-state index is 0.205. The van der Waals surface area contributed by atoms with Crippen molar-refractivity contribution in [2.75, 3.05) is 24.8 Å². The van der Waals surface area contributed by atoms with Gasteiger partial charge in [0.1, 0.15) is 5.75 Å². The number of rotatable bonds is 7. The second kappa shape index (κ2) is 10.0. The Morgan fingerprint density at radius 1 is 1.18 bits per heavy atom. The van der Waals surface area contributed by atoms with Gasteiger partial charge in [-0.15, -0.1) is 23.2 Å². The molecule has 1 aromatic carbocycles. The van der Waals surface area contributed by atoms with Gasteiger partial charge in [-0.2, -0.15) is 0 Å². The van der Waals surface area contributed by atoms with Gasteiger partial charge in [-0.05, 0) is 85.0 Å². The van der Waals surface area contributed by atoms with Crippen LogP contribution in [0.15, 0.2) is 18.2 Å². The van der Waals surface area contributed by atoms with Gasteiger partial charge in [0.15, 0.2) is 0 Å². The number of phosphoric acid groups is 1. The molecule has 7 nitrogen and oxygen atoms in total. The van der Waals surface area contributed by atoms with Crippen molar-refractivity contribution in [3.05, 3.63) is 29.3 Å². The molecule has 2 saturated carbocycles. The average Bonchev–Trinajstić information content (AvgIpc) is 3.08. The molecule has 0 saturated heterocycles. The van der Waals surface area contributed by atoms with Gasteiger partial charge in [0.2, 0.25) is 0 Å². The van der Waals surface area contributed by atoms with E-state index < -0.39 is 20.0 Å². The molecule has 0 spiro atoms. The maximum atomic E-state index is 12.5. The summed E-state index contributed by atoms with van der Waals surface area (Å²) in [7, 11) is -4.50. The third-order valence-electron chi connectivity index (χ3n) is 8.05. The number of carbonyl (C=O) groups excluding carboxylic acids is 1. The number of hydrogen-bond acceptors (Lipinski definition) is 4. The Morgan fingerprint density at radius 2 is 1.91 bits per heavy atom. The SMILES string of the molecule is C[C@]12CC[C@@H]3c4ccc(OC(=O)N(CCCl)CCCl)cc4CC[C@@H]3[C@@H]1CC[C@@H]2OP(=O)(O)O. The zero-order valence-electron chi connectivity index (χ0n) is 18.8. The third kappa shape index (κ3) is 5.24. The zero-order chi connectivity index (χ0) is 23.8. The van der Waals surface area contributed by atoms with E-state index in [4.69, 9.17) is 32.5 Å². The van der Waals surface area contributed by atoms with Crippen LogP contribution in [-0.4, -0.2) is 51.7 Å². The summed E-state index contributed by atoms with van der Waals surface area (Å²) < 4.78 is 22.3. The molecule has 0 bridgehead atoms. The number of fused-ring (bicyclic) bond motifs is 5. The van der Waals surface area contributed by atoms with E-state index in [9.17, 15) is 19.1 Å². The van der Waals surface area contributed by atoms with Gasteiger partial charge in [0.25, 0.3) is 0 Å². The summed E-state index contributed by atoms with van der Waals surface area (Å²) in [6, 6.07) is 5.93.